The van der Waals surface area contributed by atoms with Gasteiger partial charge in [-0.15, -0.1) is 0 Å². The van der Waals surface area contributed by atoms with E-state index in [2.05, 4.69) is 0 Å². The van der Waals surface area contributed by atoms with Gasteiger partial charge in [-0.1, -0.05) is 30.3 Å². The van der Waals surface area contributed by atoms with Crippen LogP contribution in [0.5, 0.6) is 0 Å². The molecule has 1 aliphatic rings. The average Bonchev–Trinajstić information content (AvgIpc) is 3.06. The van der Waals surface area contributed by atoms with Crippen molar-refractivity contribution >= 4 is 5.97 Å². The lowest BCUT2D eigenvalue weighted by Crippen LogP contribution is -2.29. The molecule has 1 aliphatic carbocycles. The fourth-order valence-corrected chi connectivity index (χ4v) is 2.10. The number of hydrogen-bond donors (Lipinski definition) is 0. The number of carbonyl (C=O) groups is 1. The quantitative estimate of drug-likeness (QED) is 0.729. The van der Waals surface area contributed by atoms with Crippen LogP contribution in [-0.4, -0.2) is 25.3 Å². The van der Waals surface area contributed by atoms with E-state index >= 15 is 0 Å². The third-order valence-corrected chi connectivity index (χ3v) is 3.10. The Balaban J connectivity index is 2.14. The van der Waals surface area contributed by atoms with Gasteiger partial charge >= 0.3 is 5.97 Å². The number of hydrogen-bond acceptors (Lipinski definition) is 3. The van der Waals surface area contributed by atoms with Gasteiger partial charge in [0.05, 0.1) is 6.61 Å². The second-order valence-corrected chi connectivity index (χ2v) is 3.98. The van der Waals surface area contributed by atoms with Crippen molar-refractivity contribution in [2.24, 2.45) is 0 Å². The number of methoxy groups -OCH3 is 1. The van der Waals surface area contributed by atoms with Crippen molar-refractivity contribution in [3.8, 4) is 0 Å². The summed E-state index contributed by atoms with van der Waals surface area (Å²) in [6.45, 7) is 2.20. The Labute approximate surface area is 95.4 Å². The SMILES string of the molecule is CCOC(=O)[C@]1(OC)C[C@H]1c1ccccc1. The normalized spacial score (nSPS) is 27.5. The highest BCUT2D eigenvalue weighted by molar-refractivity contribution is 5.85. The minimum absolute atomic E-state index is 0.137. The van der Waals surface area contributed by atoms with E-state index in [-0.39, 0.29) is 11.9 Å². The van der Waals surface area contributed by atoms with Crippen molar-refractivity contribution < 1.29 is 14.3 Å². The molecule has 1 saturated carbocycles. The number of carbonyl (C=O) groups excluding carboxylic acids is 1. The van der Waals surface area contributed by atoms with E-state index in [1.165, 1.54) is 0 Å². The van der Waals surface area contributed by atoms with E-state index in [9.17, 15) is 4.79 Å². The highest BCUT2D eigenvalue weighted by atomic mass is 16.6. The van der Waals surface area contributed by atoms with E-state index in [0.29, 0.717) is 13.0 Å². The maximum Gasteiger partial charge on any atom is 0.339 e. The first kappa shape index (κ1) is 11.1. The Hall–Kier alpha value is -1.35. The van der Waals surface area contributed by atoms with Gasteiger partial charge in [-0.25, -0.2) is 4.79 Å². The van der Waals surface area contributed by atoms with Crippen LogP contribution in [0.1, 0.15) is 24.8 Å². The lowest BCUT2D eigenvalue weighted by Gasteiger charge is -2.14. The van der Waals surface area contributed by atoms with Crippen LogP contribution in [0.3, 0.4) is 0 Å². The molecule has 0 spiro atoms. The monoisotopic (exact) mass is 220 g/mol. The van der Waals surface area contributed by atoms with Crippen LogP contribution >= 0.6 is 0 Å². The molecule has 1 aromatic carbocycles. The molecule has 0 heterocycles. The molecule has 2 rings (SSSR count). The van der Waals surface area contributed by atoms with Crippen LogP contribution in [0.4, 0.5) is 0 Å². The van der Waals surface area contributed by atoms with Crippen molar-refractivity contribution in [1.82, 2.24) is 0 Å². The first-order valence-corrected chi connectivity index (χ1v) is 5.52. The molecule has 0 aromatic heterocycles. The highest BCUT2D eigenvalue weighted by Gasteiger charge is 2.62. The Morgan fingerprint density at radius 1 is 1.44 bits per heavy atom. The maximum atomic E-state index is 11.8. The molecule has 3 heteroatoms. The molecule has 0 amide bonds. The molecule has 86 valence electrons. The van der Waals surface area contributed by atoms with E-state index in [1.807, 2.05) is 30.3 Å². The summed E-state index contributed by atoms with van der Waals surface area (Å²) in [5.41, 5.74) is 0.398. The lowest BCUT2D eigenvalue weighted by molar-refractivity contribution is -0.158. The minimum Gasteiger partial charge on any atom is -0.464 e. The Morgan fingerprint density at radius 2 is 2.12 bits per heavy atom. The summed E-state index contributed by atoms with van der Waals surface area (Å²) >= 11 is 0. The van der Waals surface area contributed by atoms with Gasteiger partial charge in [0.25, 0.3) is 0 Å². The van der Waals surface area contributed by atoms with Crippen molar-refractivity contribution in [3.63, 3.8) is 0 Å². The van der Waals surface area contributed by atoms with E-state index in [0.717, 1.165) is 5.56 Å². The number of rotatable bonds is 4. The lowest BCUT2D eigenvalue weighted by atomic mass is 10.1. The summed E-state index contributed by atoms with van der Waals surface area (Å²) in [4.78, 5) is 11.8. The number of benzene rings is 1. The molecular formula is C13H16O3. The van der Waals surface area contributed by atoms with Crippen molar-refractivity contribution in [1.29, 1.82) is 0 Å². The van der Waals surface area contributed by atoms with Gasteiger partial charge < -0.3 is 9.47 Å². The summed E-state index contributed by atoms with van der Waals surface area (Å²) in [5.74, 6) is -0.107. The molecule has 2 atom stereocenters. The van der Waals surface area contributed by atoms with E-state index < -0.39 is 5.60 Å². The van der Waals surface area contributed by atoms with Gasteiger partial charge in [0, 0.05) is 13.0 Å². The molecule has 0 unspecified atom stereocenters. The smallest absolute Gasteiger partial charge is 0.339 e. The first-order valence-electron chi connectivity index (χ1n) is 5.52. The molecule has 0 aliphatic heterocycles. The second kappa shape index (κ2) is 4.26. The fraction of sp³-hybridized carbons (Fsp3) is 0.462. The molecule has 0 bridgehead atoms. The minimum atomic E-state index is -0.739. The molecule has 16 heavy (non-hydrogen) atoms. The Kier molecular flexibility index (Phi) is 2.97. The van der Waals surface area contributed by atoms with E-state index in [4.69, 9.17) is 9.47 Å². The zero-order chi connectivity index (χ0) is 11.6. The third-order valence-electron chi connectivity index (χ3n) is 3.10. The molecule has 0 saturated heterocycles. The first-order chi connectivity index (χ1) is 7.74. The summed E-state index contributed by atoms with van der Waals surface area (Å²) < 4.78 is 10.4. The number of ether oxygens (including phenoxy) is 2. The maximum absolute atomic E-state index is 11.8. The van der Waals surface area contributed by atoms with Gasteiger partial charge in [0.2, 0.25) is 0 Å². The van der Waals surface area contributed by atoms with Crippen LogP contribution in [0.25, 0.3) is 0 Å². The Morgan fingerprint density at radius 3 is 2.69 bits per heavy atom. The van der Waals surface area contributed by atoms with Crippen molar-refractivity contribution in [3.05, 3.63) is 35.9 Å². The zero-order valence-electron chi connectivity index (χ0n) is 9.60. The van der Waals surface area contributed by atoms with Crippen molar-refractivity contribution in [2.45, 2.75) is 24.9 Å². The predicted molar refractivity (Wildman–Crippen MR) is 60.2 cm³/mol. The second-order valence-electron chi connectivity index (χ2n) is 3.98. The molecule has 3 nitrogen and oxygen atoms in total. The standard InChI is InChI=1S/C13H16O3/c1-3-16-12(14)13(15-2)9-11(13)10-7-5-4-6-8-10/h4-8,11H,3,9H2,1-2H3/t11-,13-/m0/s1. The highest BCUT2D eigenvalue weighted by Crippen LogP contribution is 2.54. The van der Waals surface area contributed by atoms with Crippen LogP contribution in [0, 0.1) is 0 Å². The molecule has 0 radical (unpaired) electrons. The number of esters is 1. The van der Waals surface area contributed by atoms with Gasteiger partial charge in [-0.3, -0.25) is 0 Å². The summed E-state index contributed by atoms with van der Waals surface area (Å²) in [6, 6.07) is 9.94. The fourth-order valence-electron chi connectivity index (χ4n) is 2.10. The van der Waals surface area contributed by atoms with E-state index in [1.54, 1.807) is 14.0 Å². The predicted octanol–water partition coefficient (Wildman–Crippen LogP) is 2.12. The van der Waals surface area contributed by atoms with Crippen LogP contribution < -0.4 is 0 Å². The molecular weight excluding hydrogens is 204 g/mol. The average molecular weight is 220 g/mol. The largest absolute Gasteiger partial charge is 0.464 e. The van der Waals surface area contributed by atoms with Crippen LogP contribution in [0.15, 0.2) is 30.3 Å². The van der Waals surface area contributed by atoms with Crippen LogP contribution in [-0.2, 0) is 14.3 Å². The molecule has 1 fully saturated rings. The molecule has 1 aromatic rings. The summed E-state index contributed by atoms with van der Waals surface area (Å²) in [7, 11) is 1.57. The van der Waals surface area contributed by atoms with Gasteiger partial charge in [0.1, 0.15) is 0 Å². The van der Waals surface area contributed by atoms with Crippen molar-refractivity contribution in [2.75, 3.05) is 13.7 Å². The summed E-state index contributed by atoms with van der Waals surface area (Å²) in [6.07, 6.45) is 0.715. The summed E-state index contributed by atoms with van der Waals surface area (Å²) in [5, 5.41) is 0. The third kappa shape index (κ3) is 1.71. The van der Waals surface area contributed by atoms with Gasteiger partial charge in [-0.2, -0.15) is 0 Å². The molecule has 0 N–H and O–H groups in total. The zero-order valence-corrected chi connectivity index (χ0v) is 9.60. The van der Waals surface area contributed by atoms with Gasteiger partial charge in [0.15, 0.2) is 5.60 Å². The topological polar surface area (TPSA) is 35.5 Å². The van der Waals surface area contributed by atoms with Gasteiger partial charge in [-0.05, 0) is 18.9 Å². The van der Waals surface area contributed by atoms with Crippen LogP contribution in [0.2, 0.25) is 0 Å². The Bertz CT molecular complexity index is 374.